The predicted octanol–water partition coefficient (Wildman–Crippen LogP) is 4.38. The zero-order chi connectivity index (χ0) is 13.7. The maximum atomic E-state index is 5.80. The van der Waals surface area contributed by atoms with Gasteiger partial charge >= 0.3 is 0 Å². The van der Waals surface area contributed by atoms with Crippen molar-refractivity contribution in [2.45, 2.75) is 44.0 Å². The monoisotopic (exact) mass is 275 g/mol. The molecule has 3 heteroatoms. The van der Waals surface area contributed by atoms with Crippen molar-refractivity contribution in [3.63, 3.8) is 0 Å². The molecule has 0 atom stereocenters. The molecule has 102 valence electrons. The van der Waals surface area contributed by atoms with E-state index in [4.69, 9.17) is 4.42 Å². The molecule has 19 heavy (non-hydrogen) atoms. The van der Waals surface area contributed by atoms with Gasteiger partial charge in [0.1, 0.15) is 11.5 Å². The van der Waals surface area contributed by atoms with E-state index in [9.17, 15) is 0 Å². The normalized spacial score (nSPS) is 11.2. The first-order valence-electron chi connectivity index (χ1n) is 6.64. The van der Waals surface area contributed by atoms with E-state index < -0.39 is 0 Å². The van der Waals surface area contributed by atoms with Crippen LogP contribution in [0.15, 0.2) is 45.7 Å². The highest BCUT2D eigenvalue weighted by Crippen LogP contribution is 2.24. The molecule has 0 aliphatic heterocycles. The van der Waals surface area contributed by atoms with Crippen LogP contribution in [0.25, 0.3) is 0 Å². The molecule has 0 bridgehead atoms. The van der Waals surface area contributed by atoms with Crippen LogP contribution in [0.5, 0.6) is 0 Å². The Balaban J connectivity index is 1.86. The third kappa shape index (κ3) is 4.77. The summed E-state index contributed by atoms with van der Waals surface area (Å²) in [6.45, 7) is 7.19. The zero-order valence-electron chi connectivity index (χ0n) is 11.8. The lowest BCUT2D eigenvalue weighted by atomic mass is 10.2. The minimum absolute atomic E-state index is 0.482. The summed E-state index contributed by atoms with van der Waals surface area (Å²) >= 11 is 1.81. The van der Waals surface area contributed by atoms with Crippen LogP contribution in [-0.4, -0.2) is 6.04 Å². The SMILES string of the molecule is Cc1cccc(SCc2ccc(CNC(C)C)o2)c1. The number of rotatable bonds is 6. The minimum Gasteiger partial charge on any atom is -0.464 e. The van der Waals surface area contributed by atoms with Gasteiger partial charge in [0, 0.05) is 10.9 Å². The molecule has 1 aromatic heterocycles. The number of aryl methyl sites for hydroxylation is 1. The molecule has 2 nitrogen and oxygen atoms in total. The maximum absolute atomic E-state index is 5.80. The first-order chi connectivity index (χ1) is 9.13. The number of benzene rings is 1. The molecule has 0 saturated carbocycles. The average molecular weight is 275 g/mol. The summed E-state index contributed by atoms with van der Waals surface area (Å²) in [5.74, 6) is 2.92. The summed E-state index contributed by atoms with van der Waals surface area (Å²) in [6.07, 6.45) is 0. The Morgan fingerprint density at radius 1 is 1.16 bits per heavy atom. The molecule has 0 unspecified atom stereocenters. The fourth-order valence-electron chi connectivity index (χ4n) is 1.76. The predicted molar refractivity (Wildman–Crippen MR) is 81.4 cm³/mol. The molecule has 0 spiro atoms. The third-order valence-electron chi connectivity index (χ3n) is 2.77. The fraction of sp³-hybridized carbons (Fsp3) is 0.375. The van der Waals surface area contributed by atoms with E-state index in [0.717, 1.165) is 23.8 Å². The maximum Gasteiger partial charge on any atom is 0.118 e. The zero-order valence-corrected chi connectivity index (χ0v) is 12.6. The highest BCUT2D eigenvalue weighted by atomic mass is 32.2. The second-order valence-electron chi connectivity index (χ2n) is 5.01. The Labute approximate surface area is 119 Å². The van der Waals surface area contributed by atoms with Crippen LogP contribution >= 0.6 is 11.8 Å². The number of hydrogen-bond acceptors (Lipinski definition) is 3. The van der Waals surface area contributed by atoms with E-state index in [-0.39, 0.29) is 0 Å². The van der Waals surface area contributed by atoms with E-state index in [0.29, 0.717) is 6.04 Å². The average Bonchev–Trinajstić information content (AvgIpc) is 2.82. The largest absolute Gasteiger partial charge is 0.464 e. The summed E-state index contributed by atoms with van der Waals surface area (Å²) in [5.41, 5.74) is 1.30. The van der Waals surface area contributed by atoms with Gasteiger partial charge in [-0.3, -0.25) is 0 Å². The molecule has 2 rings (SSSR count). The smallest absolute Gasteiger partial charge is 0.118 e. The molecule has 0 aliphatic carbocycles. The van der Waals surface area contributed by atoms with E-state index in [1.165, 1.54) is 10.5 Å². The quantitative estimate of drug-likeness (QED) is 0.792. The number of nitrogens with one attached hydrogen (secondary N) is 1. The standard InChI is InChI=1S/C16H21NOS/c1-12(2)17-10-14-7-8-15(18-14)11-19-16-6-4-5-13(3)9-16/h4-9,12,17H,10-11H2,1-3H3. The van der Waals surface area contributed by atoms with E-state index in [1.54, 1.807) is 0 Å². The summed E-state index contributed by atoms with van der Waals surface area (Å²) < 4.78 is 5.80. The van der Waals surface area contributed by atoms with Gasteiger partial charge in [-0.05, 0) is 31.2 Å². The highest BCUT2D eigenvalue weighted by Gasteiger charge is 2.04. The molecule has 0 saturated heterocycles. The minimum atomic E-state index is 0.482. The van der Waals surface area contributed by atoms with Crippen LogP contribution in [0.1, 0.15) is 30.9 Å². The van der Waals surface area contributed by atoms with Gasteiger partial charge in [-0.25, -0.2) is 0 Å². The molecule has 1 N–H and O–H groups in total. The Kier molecular flexibility index (Phi) is 5.11. The summed E-state index contributed by atoms with van der Waals surface area (Å²) in [7, 11) is 0. The molecule has 2 aromatic rings. The van der Waals surface area contributed by atoms with Crippen molar-refractivity contribution in [3.05, 3.63) is 53.5 Å². The van der Waals surface area contributed by atoms with E-state index >= 15 is 0 Å². The number of thioether (sulfide) groups is 1. The molecular weight excluding hydrogens is 254 g/mol. The van der Waals surface area contributed by atoms with Crippen molar-refractivity contribution in [2.24, 2.45) is 0 Å². The Bertz CT molecular complexity index is 519. The van der Waals surface area contributed by atoms with Gasteiger partial charge in [0.05, 0.1) is 12.3 Å². The first-order valence-corrected chi connectivity index (χ1v) is 7.62. The first kappa shape index (κ1) is 14.2. The molecule has 1 aromatic carbocycles. The summed E-state index contributed by atoms with van der Waals surface area (Å²) in [6, 6.07) is 13.2. The van der Waals surface area contributed by atoms with Gasteiger partial charge in [0.25, 0.3) is 0 Å². The molecule has 0 fully saturated rings. The van der Waals surface area contributed by atoms with Gasteiger partial charge in [-0.2, -0.15) is 0 Å². The fourth-order valence-corrected chi connectivity index (χ4v) is 2.67. The van der Waals surface area contributed by atoms with Crippen LogP contribution < -0.4 is 5.32 Å². The van der Waals surface area contributed by atoms with Crippen LogP contribution in [-0.2, 0) is 12.3 Å². The van der Waals surface area contributed by atoms with Gasteiger partial charge in [0.2, 0.25) is 0 Å². The molecule has 1 heterocycles. The lowest BCUT2D eigenvalue weighted by Crippen LogP contribution is -2.21. The van der Waals surface area contributed by atoms with Crippen LogP contribution in [0.3, 0.4) is 0 Å². The highest BCUT2D eigenvalue weighted by molar-refractivity contribution is 7.98. The van der Waals surface area contributed by atoms with Gasteiger partial charge in [-0.15, -0.1) is 11.8 Å². The van der Waals surface area contributed by atoms with Crippen molar-refractivity contribution >= 4 is 11.8 Å². The molecular formula is C16H21NOS. The van der Waals surface area contributed by atoms with Gasteiger partial charge in [-0.1, -0.05) is 31.5 Å². The van der Waals surface area contributed by atoms with Crippen molar-refractivity contribution < 1.29 is 4.42 Å². The van der Waals surface area contributed by atoms with Gasteiger partial charge < -0.3 is 9.73 Å². The summed E-state index contributed by atoms with van der Waals surface area (Å²) in [4.78, 5) is 1.29. The topological polar surface area (TPSA) is 25.2 Å². The Morgan fingerprint density at radius 2 is 1.95 bits per heavy atom. The third-order valence-corrected chi connectivity index (χ3v) is 3.79. The molecule has 0 aliphatic rings. The second kappa shape index (κ2) is 6.83. The lowest BCUT2D eigenvalue weighted by Gasteiger charge is -2.05. The molecule has 0 amide bonds. The van der Waals surface area contributed by atoms with E-state index in [1.807, 2.05) is 11.8 Å². The van der Waals surface area contributed by atoms with Crippen LogP contribution in [0.2, 0.25) is 0 Å². The lowest BCUT2D eigenvalue weighted by molar-refractivity contribution is 0.445. The Morgan fingerprint density at radius 3 is 2.68 bits per heavy atom. The van der Waals surface area contributed by atoms with Crippen molar-refractivity contribution in [3.8, 4) is 0 Å². The van der Waals surface area contributed by atoms with Crippen molar-refractivity contribution in [1.82, 2.24) is 5.32 Å². The van der Waals surface area contributed by atoms with Gasteiger partial charge in [0.15, 0.2) is 0 Å². The number of hydrogen-bond donors (Lipinski definition) is 1. The number of furan rings is 1. The Hall–Kier alpha value is -1.19. The van der Waals surface area contributed by atoms with Crippen LogP contribution in [0.4, 0.5) is 0 Å². The second-order valence-corrected chi connectivity index (χ2v) is 6.06. The summed E-state index contributed by atoms with van der Waals surface area (Å²) in [5, 5.41) is 3.36. The van der Waals surface area contributed by atoms with Crippen molar-refractivity contribution in [1.29, 1.82) is 0 Å². The van der Waals surface area contributed by atoms with Crippen LogP contribution in [0, 0.1) is 6.92 Å². The van der Waals surface area contributed by atoms with E-state index in [2.05, 4.69) is 62.5 Å². The van der Waals surface area contributed by atoms with Crippen molar-refractivity contribution in [2.75, 3.05) is 0 Å². The molecule has 0 radical (unpaired) electrons.